The van der Waals surface area contributed by atoms with E-state index in [0.717, 1.165) is 10.5 Å². The molecule has 0 aliphatic carbocycles. The Kier molecular flexibility index (Phi) is 7.83. The molecule has 0 radical (unpaired) electrons. The Morgan fingerprint density at radius 1 is 0.865 bits per heavy atom. The van der Waals surface area contributed by atoms with Gasteiger partial charge in [-0.1, -0.05) is 12.1 Å². The van der Waals surface area contributed by atoms with E-state index in [9.17, 15) is 9.59 Å². The first-order valence-electron chi connectivity index (χ1n) is 11.6. The molecule has 3 aromatic rings. The summed E-state index contributed by atoms with van der Waals surface area (Å²) in [5.41, 5.74) is 2.24. The summed E-state index contributed by atoms with van der Waals surface area (Å²) >= 11 is 1.62. The van der Waals surface area contributed by atoms with Gasteiger partial charge < -0.3 is 29.2 Å². The Bertz CT molecular complexity index is 1310. The van der Waals surface area contributed by atoms with Crippen molar-refractivity contribution in [1.29, 1.82) is 0 Å². The number of hydrogen-bond acceptors (Lipinski definition) is 7. The molecule has 8 nitrogen and oxygen atoms in total. The van der Waals surface area contributed by atoms with Crippen LogP contribution in [0, 0.1) is 0 Å². The second kappa shape index (κ2) is 11.0. The molecule has 1 heterocycles. The van der Waals surface area contributed by atoms with Crippen molar-refractivity contribution in [1.82, 2.24) is 4.90 Å². The number of likely N-dealkylation sites (N-methyl/N-ethyl adjacent to an activating group) is 1. The molecule has 0 bridgehead atoms. The molecule has 0 spiro atoms. The molecule has 2 atom stereocenters. The van der Waals surface area contributed by atoms with E-state index in [1.807, 2.05) is 30.5 Å². The Labute approximate surface area is 220 Å². The number of hydrogen-bond donors (Lipinski definition) is 1. The number of amides is 2. The molecule has 1 N–H and O–H groups in total. The van der Waals surface area contributed by atoms with Crippen molar-refractivity contribution in [2.45, 2.75) is 16.9 Å². The highest BCUT2D eigenvalue weighted by molar-refractivity contribution is 7.98. The molecule has 194 valence electrons. The van der Waals surface area contributed by atoms with Crippen LogP contribution < -0.4 is 24.3 Å². The van der Waals surface area contributed by atoms with E-state index in [-0.39, 0.29) is 11.8 Å². The minimum absolute atomic E-state index is 0.210. The predicted molar refractivity (Wildman–Crippen MR) is 144 cm³/mol. The fraction of sp³-hybridized carbons (Fsp3) is 0.286. The van der Waals surface area contributed by atoms with Crippen LogP contribution in [0.3, 0.4) is 0 Å². The molecule has 1 aliphatic rings. The zero-order valence-corrected chi connectivity index (χ0v) is 22.5. The highest BCUT2D eigenvalue weighted by Crippen LogP contribution is 2.46. The van der Waals surface area contributed by atoms with E-state index in [2.05, 4.69) is 5.32 Å². The summed E-state index contributed by atoms with van der Waals surface area (Å²) in [6.07, 6.45) is 2.00. The molecule has 0 unspecified atom stereocenters. The Morgan fingerprint density at radius 3 is 2.11 bits per heavy atom. The van der Waals surface area contributed by atoms with Gasteiger partial charge in [0, 0.05) is 23.6 Å². The van der Waals surface area contributed by atoms with Crippen molar-refractivity contribution in [3.05, 3.63) is 71.3 Å². The smallest absolute Gasteiger partial charge is 0.254 e. The van der Waals surface area contributed by atoms with Crippen LogP contribution in [0.5, 0.6) is 23.0 Å². The average Bonchev–Trinajstić information content (AvgIpc) is 2.93. The summed E-state index contributed by atoms with van der Waals surface area (Å²) in [4.78, 5) is 30.3. The molecule has 0 saturated heterocycles. The van der Waals surface area contributed by atoms with Gasteiger partial charge >= 0.3 is 0 Å². The average molecular weight is 523 g/mol. The zero-order chi connectivity index (χ0) is 26.7. The van der Waals surface area contributed by atoms with Crippen LogP contribution in [0.2, 0.25) is 0 Å². The van der Waals surface area contributed by atoms with Crippen molar-refractivity contribution in [2.75, 3.05) is 47.1 Å². The van der Waals surface area contributed by atoms with Gasteiger partial charge in [0.05, 0.1) is 46.1 Å². The van der Waals surface area contributed by atoms with Crippen LogP contribution >= 0.6 is 11.8 Å². The van der Waals surface area contributed by atoms with Gasteiger partial charge in [-0.2, -0.15) is 0 Å². The van der Waals surface area contributed by atoms with Crippen LogP contribution in [-0.4, -0.2) is 58.5 Å². The van der Waals surface area contributed by atoms with Crippen LogP contribution in [0.1, 0.15) is 33.4 Å². The van der Waals surface area contributed by atoms with E-state index in [4.69, 9.17) is 18.9 Å². The summed E-state index contributed by atoms with van der Waals surface area (Å²) in [5.74, 6) is 0.641. The first kappa shape index (κ1) is 26.2. The first-order chi connectivity index (χ1) is 17.9. The minimum Gasteiger partial charge on any atom is -0.497 e. The number of ether oxygens (including phenoxy) is 4. The number of methoxy groups -OCH3 is 4. The van der Waals surface area contributed by atoms with E-state index < -0.39 is 12.0 Å². The maximum Gasteiger partial charge on any atom is 0.254 e. The number of rotatable bonds is 8. The number of benzene rings is 3. The highest BCUT2D eigenvalue weighted by atomic mass is 32.2. The minimum atomic E-state index is -0.756. The number of anilines is 1. The number of nitrogens with one attached hydrogen (secondary N) is 1. The molecule has 1 aliphatic heterocycles. The van der Waals surface area contributed by atoms with Gasteiger partial charge in [0.15, 0.2) is 11.5 Å². The van der Waals surface area contributed by atoms with Gasteiger partial charge in [-0.25, -0.2) is 0 Å². The monoisotopic (exact) mass is 522 g/mol. The fourth-order valence-corrected chi connectivity index (χ4v) is 5.08. The molecule has 0 fully saturated rings. The van der Waals surface area contributed by atoms with Crippen LogP contribution in [0.4, 0.5) is 5.69 Å². The van der Waals surface area contributed by atoms with Crippen molar-refractivity contribution >= 4 is 29.3 Å². The standard InChI is InChI=1S/C28H30N2O6S/c1-30-26(16-7-10-18(37-6)11-8-16)25(19-14-23(35-4)24(36-5)15-20(19)28(30)32)27(31)29-21-13-17(33-2)9-12-22(21)34-3/h7-15,25-26H,1-6H3,(H,29,31)/t25-,26+/m1/s1. The quantitative estimate of drug-likeness (QED) is 0.417. The third-order valence-electron chi connectivity index (χ3n) is 6.58. The fourth-order valence-electron chi connectivity index (χ4n) is 4.67. The molecule has 3 aromatic carbocycles. The lowest BCUT2D eigenvalue weighted by Gasteiger charge is -2.40. The largest absolute Gasteiger partial charge is 0.497 e. The summed E-state index contributed by atoms with van der Waals surface area (Å²) in [7, 11) is 7.83. The summed E-state index contributed by atoms with van der Waals surface area (Å²) in [5, 5.41) is 3.01. The molecule has 0 aromatic heterocycles. The SMILES string of the molecule is COc1ccc(OC)c(NC(=O)[C@@H]2c3cc(OC)c(OC)cc3C(=O)N(C)[C@H]2c2ccc(SC)cc2)c1. The molecular formula is C28H30N2O6S. The van der Waals surface area contributed by atoms with Gasteiger partial charge in [-0.05, 0) is 53.8 Å². The maximum absolute atomic E-state index is 14.1. The second-order valence-electron chi connectivity index (χ2n) is 8.46. The van der Waals surface area contributed by atoms with Gasteiger partial charge in [0.1, 0.15) is 11.5 Å². The van der Waals surface area contributed by atoms with Crippen molar-refractivity contribution in [2.24, 2.45) is 0 Å². The highest BCUT2D eigenvalue weighted by Gasteiger charge is 2.43. The lowest BCUT2D eigenvalue weighted by molar-refractivity contribution is -0.119. The van der Waals surface area contributed by atoms with Gasteiger partial charge in [-0.3, -0.25) is 9.59 Å². The molecule has 2 amide bonds. The Balaban J connectivity index is 1.88. The molecule has 37 heavy (non-hydrogen) atoms. The number of nitrogens with zero attached hydrogens (tertiary/aromatic N) is 1. The number of thioether (sulfide) groups is 1. The summed E-state index contributed by atoms with van der Waals surface area (Å²) in [6, 6.07) is 15.9. The number of carbonyl (C=O) groups is 2. The topological polar surface area (TPSA) is 86.3 Å². The maximum atomic E-state index is 14.1. The van der Waals surface area contributed by atoms with Crippen molar-refractivity contribution in [3.63, 3.8) is 0 Å². The normalized spacial score (nSPS) is 16.6. The lowest BCUT2D eigenvalue weighted by atomic mass is 9.79. The predicted octanol–water partition coefficient (Wildman–Crippen LogP) is 4.99. The second-order valence-corrected chi connectivity index (χ2v) is 9.34. The molecule has 4 rings (SSSR count). The molecule has 9 heteroatoms. The number of fused-ring (bicyclic) bond motifs is 1. The molecule has 0 saturated carbocycles. The Hall–Kier alpha value is -3.85. The first-order valence-corrected chi connectivity index (χ1v) is 12.8. The van der Waals surface area contributed by atoms with Crippen LogP contribution in [-0.2, 0) is 4.79 Å². The van der Waals surface area contributed by atoms with Crippen molar-refractivity contribution < 1.29 is 28.5 Å². The van der Waals surface area contributed by atoms with Gasteiger partial charge in [0.25, 0.3) is 5.91 Å². The number of carbonyl (C=O) groups excluding carboxylic acids is 2. The van der Waals surface area contributed by atoms with E-state index in [1.165, 1.54) is 21.3 Å². The van der Waals surface area contributed by atoms with Gasteiger partial charge in [-0.15, -0.1) is 11.8 Å². The third kappa shape index (κ3) is 4.91. The molecular weight excluding hydrogens is 492 g/mol. The van der Waals surface area contributed by atoms with Crippen LogP contribution in [0.15, 0.2) is 59.5 Å². The van der Waals surface area contributed by atoms with E-state index in [1.54, 1.807) is 61.2 Å². The zero-order valence-electron chi connectivity index (χ0n) is 21.7. The van der Waals surface area contributed by atoms with Crippen LogP contribution in [0.25, 0.3) is 0 Å². The van der Waals surface area contributed by atoms with Gasteiger partial charge in [0.2, 0.25) is 5.91 Å². The van der Waals surface area contributed by atoms with E-state index in [0.29, 0.717) is 39.8 Å². The Morgan fingerprint density at radius 2 is 1.51 bits per heavy atom. The van der Waals surface area contributed by atoms with E-state index >= 15 is 0 Å². The summed E-state index contributed by atoms with van der Waals surface area (Å²) < 4.78 is 21.8. The summed E-state index contributed by atoms with van der Waals surface area (Å²) in [6.45, 7) is 0. The lowest BCUT2D eigenvalue weighted by Crippen LogP contribution is -2.44. The third-order valence-corrected chi connectivity index (χ3v) is 7.32. The van der Waals surface area contributed by atoms with Crippen molar-refractivity contribution in [3.8, 4) is 23.0 Å².